The van der Waals surface area contributed by atoms with Crippen molar-refractivity contribution in [2.24, 2.45) is 0 Å². The monoisotopic (exact) mass is 420 g/mol. The standard InChI is InChI=1S/C23H27F3N2O2/c24-23(25,26)19-12-6-7-13-20(19)27-22(30)16-28-14-8-2-5-11-18(28)15-21(29)17-9-3-1-4-10-17/h1,3-4,6-7,9-10,12-13,18,21,29H,2,5,8,11,14-16H2,(H,27,30)/t18-,21-/m1/s1. The quantitative estimate of drug-likeness (QED) is 0.691. The number of alkyl halides is 3. The number of aliphatic hydroxyl groups is 1. The van der Waals surface area contributed by atoms with Crippen molar-refractivity contribution in [3.8, 4) is 0 Å². The van der Waals surface area contributed by atoms with Crippen molar-refractivity contribution < 1.29 is 23.1 Å². The Labute approximate surface area is 174 Å². The number of halogens is 3. The van der Waals surface area contributed by atoms with Gasteiger partial charge in [-0.3, -0.25) is 9.69 Å². The highest BCUT2D eigenvalue weighted by molar-refractivity contribution is 5.93. The van der Waals surface area contributed by atoms with Gasteiger partial charge in [0, 0.05) is 6.04 Å². The smallest absolute Gasteiger partial charge is 0.388 e. The minimum atomic E-state index is -4.53. The highest BCUT2D eigenvalue weighted by Gasteiger charge is 2.34. The Morgan fingerprint density at radius 1 is 1.07 bits per heavy atom. The van der Waals surface area contributed by atoms with Gasteiger partial charge in [-0.25, -0.2) is 0 Å². The van der Waals surface area contributed by atoms with Crippen molar-refractivity contribution in [1.82, 2.24) is 4.90 Å². The molecule has 0 aliphatic carbocycles. The molecule has 2 N–H and O–H groups in total. The fourth-order valence-corrected chi connectivity index (χ4v) is 3.99. The average Bonchev–Trinajstić information content (AvgIpc) is 2.93. The molecule has 0 unspecified atom stereocenters. The second-order valence-corrected chi connectivity index (χ2v) is 7.73. The molecule has 2 aromatic rings. The van der Waals surface area contributed by atoms with Gasteiger partial charge in [0.15, 0.2) is 0 Å². The van der Waals surface area contributed by atoms with Crippen molar-refractivity contribution in [1.29, 1.82) is 0 Å². The van der Waals surface area contributed by atoms with E-state index in [1.165, 1.54) is 18.2 Å². The zero-order chi connectivity index (χ0) is 21.6. The predicted molar refractivity (Wildman–Crippen MR) is 110 cm³/mol. The Bertz CT molecular complexity index is 827. The molecule has 4 nitrogen and oxygen atoms in total. The maximum absolute atomic E-state index is 13.2. The molecule has 1 aliphatic heterocycles. The van der Waals surface area contributed by atoms with Crippen LogP contribution < -0.4 is 5.32 Å². The van der Waals surface area contributed by atoms with Gasteiger partial charge in [0.2, 0.25) is 5.91 Å². The van der Waals surface area contributed by atoms with Crippen LogP contribution in [0.25, 0.3) is 0 Å². The molecule has 3 rings (SSSR count). The number of nitrogens with one attached hydrogen (secondary N) is 1. The van der Waals surface area contributed by atoms with Gasteiger partial charge in [0.25, 0.3) is 0 Å². The van der Waals surface area contributed by atoms with E-state index in [4.69, 9.17) is 0 Å². The lowest BCUT2D eigenvalue weighted by Crippen LogP contribution is -2.41. The number of likely N-dealkylation sites (tertiary alicyclic amines) is 1. The van der Waals surface area contributed by atoms with Crippen molar-refractivity contribution in [3.05, 3.63) is 65.7 Å². The number of benzene rings is 2. The van der Waals surface area contributed by atoms with Gasteiger partial charge in [-0.1, -0.05) is 55.3 Å². The highest BCUT2D eigenvalue weighted by Crippen LogP contribution is 2.34. The van der Waals surface area contributed by atoms with Crippen LogP contribution in [0.15, 0.2) is 54.6 Å². The van der Waals surface area contributed by atoms with Crippen LogP contribution in [0, 0.1) is 0 Å². The molecule has 30 heavy (non-hydrogen) atoms. The zero-order valence-electron chi connectivity index (χ0n) is 16.7. The fraction of sp³-hybridized carbons (Fsp3) is 0.435. The summed E-state index contributed by atoms with van der Waals surface area (Å²) in [6.45, 7) is 0.679. The Morgan fingerprint density at radius 3 is 2.50 bits per heavy atom. The SMILES string of the molecule is O=C(CN1CCCCC[C@@H]1C[C@@H](O)c1ccccc1)Nc1ccccc1C(F)(F)F. The average molecular weight is 420 g/mol. The van der Waals surface area contributed by atoms with Gasteiger partial charge in [-0.2, -0.15) is 13.2 Å². The third-order valence-corrected chi connectivity index (χ3v) is 5.53. The van der Waals surface area contributed by atoms with E-state index in [9.17, 15) is 23.1 Å². The first-order chi connectivity index (χ1) is 14.3. The molecule has 1 fully saturated rings. The molecule has 0 saturated carbocycles. The van der Waals surface area contributed by atoms with Crippen molar-refractivity contribution in [2.75, 3.05) is 18.4 Å². The minimum absolute atomic E-state index is 0.00162. The molecule has 7 heteroatoms. The van der Waals surface area contributed by atoms with E-state index in [-0.39, 0.29) is 18.3 Å². The number of carbonyl (C=O) groups excluding carboxylic acids is 1. The van der Waals surface area contributed by atoms with E-state index >= 15 is 0 Å². The first-order valence-corrected chi connectivity index (χ1v) is 10.3. The molecule has 2 aromatic carbocycles. The third kappa shape index (κ3) is 6.06. The minimum Gasteiger partial charge on any atom is -0.388 e. The number of nitrogens with zero attached hydrogens (tertiary/aromatic N) is 1. The highest BCUT2D eigenvalue weighted by atomic mass is 19.4. The van der Waals surface area contributed by atoms with Crippen LogP contribution >= 0.6 is 0 Å². The van der Waals surface area contributed by atoms with E-state index in [1.807, 2.05) is 35.2 Å². The molecule has 162 valence electrons. The largest absolute Gasteiger partial charge is 0.418 e. The number of aliphatic hydroxyl groups excluding tert-OH is 1. The molecule has 1 amide bonds. The van der Waals surface area contributed by atoms with Gasteiger partial charge in [0.05, 0.1) is 23.9 Å². The van der Waals surface area contributed by atoms with Crippen LogP contribution in [-0.4, -0.2) is 35.0 Å². The summed E-state index contributed by atoms with van der Waals surface area (Å²) in [4.78, 5) is 14.6. The Balaban J connectivity index is 1.67. The van der Waals surface area contributed by atoms with Crippen LogP contribution in [0.2, 0.25) is 0 Å². The molecular formula is C23H27F3N2O2. The fourth-order valence-electron chi connectivity index (χ4n) is 3.99. The summed E-state index contributed by atoms with van der Waals surface area (Å²) in [7, 11) is 0. The third-order valence-electron chi connectivity index (χ3n) is 5.53. The van der Waals surface area contributed by atoms with E-state index in [1.54, 1.807) is 0 Å². The summed E-state index contributed by atoms with van der Waals surface area (Å²) < 4.78 is 39.6. The zero-order valence-corrected chi connectivity index (χ0v) is 16.7. The summed E-state index contributed by atoms with van der Waals surface area (Å²) >= 11 is 0. The van der Waals surface area contributed by atoms with Crippen LogP contribution in [0.4, 0.5) is 18.9 Å². The number of anilines is 1. The number of amides is 1. The van der Waals surface area contributed by atoms with Gasteiger partial charge in [-0.15, -0.1) is 0 Å². The summed E-state index contributed by atoms with van der Waals surface area (Å²) in [6, 6.07) is 14.3. The lowest BCUT2D eigenvalue weighted by molar-refractivity contribution is -0.137. The van der Waals surface area contributed by atoms with Crippen LogP contribution in [0.5, 0.6) is 0 Å². The van der Waals surface area contributed by atoms with E-state index in [0.717, 1.165) is 37.3 Å². The van der Waals surface area contributed by atoms with E-state index in [0.29, 0.717) is 13.0 Å². The Kier molecular flexibility index (Phi) is 7.50. The van der Waals surface area contributed by atoms with Gasteiger partial charge >= 0.3 is 6.18 Å². The summed E-state index contributed by atoms with van der Waals surface area (Å²) in [5.41, 5.74) is -0.263. The maximum atomic E-state index is 13.2. The summed E-state index contributed by atoms with van der Waals surface area (Å²) in [5, 5.41) is 13.1. The number of para-hydroxylation sites is 1. The lowest BCUT2D eigenvalue weighted by atomic mass is 9.98. The first-order valence-electron chi connectivity index (χ1n) is 10.3. The number of carbonyl (C=O) groups is 1. The Hall–Kier alpha value is -2.38. The maximum Gasteiger partial charge on any atom is 0.418 e. The topological polar surface area (TPSA) is 52.6 Å². The molecule has 0 radical (unpaired) electrons. The summed E-state index contributed by atoms with van der Waals surface area (Å²) in [5.74, 6) is -0.479. The van der Waals surface area contributed by atoms with Crippen LogP contribution in [0.1, 0.15) is 49.3 Å². The number of rotatable bonds is 6. The second-order valence-electron chi connectivity index (χ2n) is 7.73. The van der Waals surface area contributed by atoms with Crippen molar-refractivity contribution >= 4 is 11.6 Å². The molecular weight excluding hydrogens is 393 g/mol. The van der Waals surface area contributed by atoms with E-state index in [2.05, 4.69) is 5.32 Å². The molecule has 2 atom stereocenters. The van der Waals surface area contributed by atoms with Crippen molar-refractivity contribution in [2.45, 2.75) is 50.4 Å². The number of hydrogen-bond donors (Lipinski definition) is 2. The van der Waals surface area contributed by atoms with Crippen molar-refractivity contribution in [3.63, 3.8) is 0 Å². The second kappa shape index (κ2) is 10.1. The molecule has 1 aliphatic rings. The van der Waals surface area contributed by atoms with Gasteiger partial charge in [-0.05, 0) is 43.5 Å². The normalized spacial score (nSPS) is 19.1. The Morgan fingerprint density at radius 2 is 1.77 bits per heavy atom. The number of hydrogen-bond acceptors (Lipinski definition) is 3. The van der Waals surface area contributed by atoms with Crippen LogP contribution in [0.3, 0.4) is 0 Å². The van der Waals surface area contributed by atoms with Gasteiger partial charge < -0.3 is 10.4 Å². The van der Waals surface area contributed by atoms with E-state index < -0.39 is 23.8 Å². The molecule has 1 heterocycles. The van der Waals surface area contributed by atoms with Gasteiger partial charge in [0.1, 0.15) is 0 Å². The molecule has 0 spiro atoms. The lowest BCUT2D eigenvalue weighted by Gasteiger charge is -2.31. The summed E-state index contributed by atoms with van der Waals surface area (Å²) in [6.07, 6.45) is -0.897. The predicted octanol–water partition coefficient (Wildman–Crippen LogP) is 5.01. The van der Waals surface area contributed by atoms with Crippen LogP contribution in [-0.2, 0) is 11.0 Å². The molecule has 1 saturated heterocycles. The molecule has 0 bridgehead atoms. The molecule has 0 aromatic heterocycles. The first kappa shape index (κ1) is 22.3.